The molecule has 0 fully saturated rings. The molecule has 27 heavy (non-hydrogen) atoms. The van der Waals surface area contributed by atoms with Gasteiger partial charge in [0.2, 0.25) is 0 Å². The monoisotopic (exact) mass is 374 g/mol. The summed E-state index contributed by atoms with van der Waals surface area (Å²) in [6, 6.07) is 12.7. The highest BCUT2D eigenvalue weighted by molar-refractivity contribution is 6.01. The number of anilines is 3. The number of rotatable bonds is 3. The number of hydrogen-bond donors (Lipinski definition) is 2. The SMILES string of the molecule is CN(C)c1ccc2cc(NC(=O)Nc3ccc(C(F)(F)F)cc3)ccc2n1. The molecule has 1 heterocycles. The van der Waals surface area contributed by atoms with Crippen LogP contribution in [0.1, 0.15) is 5.56 Å². The van der Waals surface area contributed by atoms with Gasteiger partial charge in [0.25, 0.3) is 0 Å². The first-order valence-electron chi connectivity index (χ1n) is 8.06. The fourth-order valence-corrected chi connectivity index (χ4v) is 2.48. The molecular weight excluding hydrogens is 357 g/mol. The lowest BCUT2D eigenvalue weighted by Crippen LogP contribution is -2.19. The first-order valence-corrected chi connectivity index (χ1v) is 8.06. The number of nitrogens with one attached hydrogen (secondary N) is 2. The van der Waals surface area contributed by atoms with Crippen molar-refractivity contribution in [1.82, 2.24) is 4.98 Å². The van der Waals surface area contributed by atoms with Crippen molar-refractivity contribution in [3.05, 3.63) is 60.2 Å². The summed E-state index contributed by atoms with van der Waals surface area (Å²) in [6.45, 7) is 0. The van der Waals surface area contributed by atoms with Crippen molar-refractivity contribution in [2.75, 3.05) is 29.6 Å². The second kappa shape index (κ2) is 7.14. The van der Waals surface area contributed by atoms with E-state index >= 15 is 0 Å². The number of halogens is 3. The van der Waals surface area contributed by atoms with Crippen LogP contribution in [0.4, 0.5) is 35.2 Å². The molecule has 0 atom stereocenters. The van der Waals surface area contributed by atoms with Gasteiger partial charge in [0.1, 0.15) is 5.82 Å². The number of benzene rings is 2. The van der Waals surface area contributed by atoms with Gasteiger partial charge in [-0.15, -0.1) is 0 Å². The van der Waals surface area contributed by atoms with E-state index in [2.05, 4.69) is 15.6 Å². The summed E-state index contributed by atoms with van der Waals surface area (Å²) in [5.74, 6) is 0.822. The zero-order valence-electron chi connectivity index (χ0n) is 14.6. The first-order chi connectivity index (χ1) is 12.7. The van der Waals surface area contributed by atoms with Crippen molar-refractivity contribution in [2.24, 2.45) is 0 Å². The van der Waals surface area contributed by atoms with Crippen LogP contribution in [0.3, 0.4) is 0 Å². The molecule has 0 aliphatic rings. The minimum Gasteiger partial charge on any atom is -0.363 e. The van der Waals surface area contributed by atoms with Crippen LogP contribution in [-0.4, -0.2) is 25.1 Å². The molecule has 0 radical (unpaired) electrons. The van der Waals surface area contributed by atoms with Gasteiger partial charge in [0.15, 0.2) is 0 Å². The van der Waals surface area contributed by atoms with E-state index in [0.717, 1.165) is 28.9 Å². The van der Waals surface area contributed by atoms with E-state index in [-0.39, 0.29) is 5.69 Å². The highest BCUT2D eigenvalue weighted by atomic mass is 19.4. The Morgan fingerprint density at radius 1 is 0.926 bits per heavy atom. The van der Waals surface area contributed by atoms with Crippen LogP contribution in [-0.2, 0) is 6.18 Å². The average Bonchev–Trinajstić information content (AvgIpc) is 2.60. The standard InChI is InChI=1S/C19H17F3N4O/c1-26(2)17-10-3-12-11-15(8-9-16(12)25-17)24-18(27)23-14-6-4-13(5-7-14)19(20,21)22/h3-11H,1-2H3,(H2,23,24,27). The minimum absolute atomic E-state index is 0.263. The third-order valence-electron chi connectivity index (χ3n) is 3.86. The van der Waals surface area contributed by atoms with Gasteiger partial charge in [0.05, 0.1) is 11.1 Å². The summed E-state index contributed by atoms with van der Waals surface area (Å²) in [6.07, 6.45) is -4.41. The number of pyridine rings is 1. The van der Waals surface area contributed by atoms with E-state index < -0.39 is 17.8 Å². The summed E-state index contributed by atoms with van der Waals surface area (Å²) in [5, 5.41) is 6.01. The predicted octanol–water partition coefficient (Wildman–Crippen LogP) is 4.96. The topological polar surface area (TPSA) is 57.3 Å². The van der Waals surface area contributed by atoms with E-state index in [4.69, 9.17) is 0 Å². The molecule has 3 rings (SSSR count). The second-order valence-electron chi connectivity index (χ2n) is 6.13. The van der Waals surface area contributed by atoms with Gasteiger partial charge < -0.3 is 15.5 Å². The Hall–Kier alpha value is -3.29. The van der Waals surface area contributed by atoms with Gasteiger partial charge in [-0.05, 0) is 54.6 Å². The first kappa shape index (κ1) is 18.5. The van der Waals surface area contributed by atoms with Crippen molar-refractivity contribution >= 4 is 34.1 Å². The molecule has 0 saturated heterocycles. The maximum Gasteiger partial charge on any atom is 0.416 e. The van der Waals surface area contributed by atoms with Crippen molar-refractivity contribution < 1.29 is 18.0 Å². The number of urea groups is 1. The van der Waals surface area contributed by atoms with E-state index in [1.54, 1.807) is 18.2 Å². The van der Waals surface area contributed by atoms with Crippen LogP contribution in [0.25, 0.3) is 10.9 Å². The molecule has 0 aliphatic carbocycles. The Labute approximate surface area is 153 Å². The van der Waals surface area contributed by atoms with Crippen LogP contribution in [0.15, 0.2) is 54.6 Å². The van der Waals surface area contributed by atoms with Crippen LogP contribution >= 0.6 is 0 Å². The second-order valence-corrected chi connectivity index (χ2v) is 6.13. The lowest BCUT2D eigenvalue weighted by atomic mass is 10.2. The molecular formula is C19H17F3N4O. The summed E-state index contributed by atoms with van der Waals surface area (Å²) in [5.41, 5.74) is 0.826. The molecule has 2 N–H and O–H groups in total. The van der Waals surface area contributed by atoms with Gasteiger partial charge in [-0.3, -0.25) is 0 Å². The number of nitrogens with zero attached hydrogens (tertiary/aromatic N) is 2. The fourth-order valence-electron chi connectivity index (χ4n) is 2.48. The Bertz CT molecular complexity index is 969. The quantitative estimate of drug-likeness (QED) is 0.681. The Balaban J connectivity index is 1.69. The molecule has 5 nitrogen and oxygen atoms in total. The molecule has 3 aromatic rings. The van der Waals surface area contributed by atoms with Gasteiger partial charge in [-0.2, -0.15) is 13.2 Å². The van der Waals surface area contributed by atoms with Crippen molar-refractivity contribution in [3.63, 3.8) is 0 Å². The highest BCUT2D eigenvalue weighted by Crippen LogP contribution is 2.29. The number of aromatic nitrogens is 1. The van der Waals surface area contributed by atoms with Crippen molar-refractivity contribution in [3.8, 4) is 0 Å². The van der Waals surface area contributed by atoms with Gasteiger partial charge in [0, 0.05) is 30.9 Å². The average molecular weight is 374 g/mol. The zero-order valence-corrected chi connectivity index (χ0v) is 14.6. The molecule has 140 valence electrons. The number of hydrogen-bond acceptors (Lipinski definition) is 3. The fraction of sp³-hybridized carbons (Fsp3) is 0.158. The molecule has 8 heteroatoms. The summed E-state index contributed by atoms with van der Waals surface area (Å²) in [4.78, 5) is 18.5. The van der Waals surface area contributed by atoms with Gasteiger partial charge >= 0.3 is 12.2 Å². The number of alkyl halides is 3. The predicted molar refractivity (Wildman–Crippen MR) is 100 cm³/mol. The third kappa shape index (κ3) is 4.46. The lowest BCUT2D eigenvalue weighted by Gasteiger charge is -2.12. The number of fused-ring (bicyclic) bond motifs is 1. The zero-order chi connectivity index (χ0) is 19.6. The summed E-state index contributed by atoms with van der Waals surface area (Å²) >= 11 is 0. The lowest BCUT2D eigenvalue weighted by molar-refractivity contribution is -0.137. The maximum absolute atomic E-state index is 12.6. The molecule has 0 spiro atoms. The van der Waals surface area contributed by atoms with E-state index in [1.807, 2.05) is 31.1 Å². The smallest absolute Gasteiger partial charge is 0.363 e. The molecule has 2 amide bonds. The highest BCUT2D eigenvalue weighted by Gasteiger charge is 2.29. The van der Waals surface area contributed by atoms with Crippen LogP contribution < -0.4 is 15.5 Å². The molecule has 0 unspecified atom stereocenters. The number of carbonyl (C=O) groups is 1. The Morgan fingerprint density at radius 3 is 2.19 bits per heavy atom. The van der Waals surface area contributed by atoms with E-state index in [9.17, 15) is 18.0 Å². The molecule has 1 aromatic heterocycles. The van der Waals surface area contributed by atoms with Crippen molar-refractivity contribution in [1.29, 1.82) is 0 Å². The molecule has 2 aromatic carbocycles. The third-order valence-corrected chi connectivity index (χ3v) is 3.86. The molecule has 0 aliphatic heterocycles. The Morgan fingerprint density at radius 2 is 1.56 bits per heavy atom. The van der Waals surface area contributed by atoms with E-state index in [0.29, 0.717) is 5.69 Å². The molecule has 0 saturated carbocycles. The normalized spacial score (nSPS) is 11.3. The number of carbonyl (C=O) groups excluding carboxylic acids is 1. The summed E-state index contributed by atoms with van der Waals surface area (Å²) in [7, 11) is 3.80. The largest absolute Gasteiger partial charge is 0.416 e. The Kier molecular flexibility index (Phi) is 4.89. The van der Waals surface area contributed by atoms with Crippen LogP contribution in [0, 0.1) is 0 Å². The summed E-state index contributed by atoms with van der Waals surface area (Å²) < 4.78 is 37.7. The number of amides is 2. The van der Waals surface area contributed by atoms with Gasteiger partial charge in [-0.25, -0.2) is 9.78 Å². The van der Waals surface area contributed by atoms with Gasteiger partial charge in [-0.1, -0.05) is 0 Å². The van der Waals surface area contributed by atoms with Crippen molar-refractivity contribution in [2.45, 2.75) is 6.18 Å². The molecule has 0 bridgehead atoms. The maximum atomic E-state index is 12.6. The van der Waals surface area contributed by atoms with Crippen LogP contribution in [0.5, 0.6) is 0 Å². The minimum atomic E-state index is -4.41. The van der Waals surface area contributed by atoms with E-state index in [1.165, 1.54) is 12.1 Å². The van der Waals surface area contributed by atoms with Crippen LogP contribution in [0.2, 0.25) is 0 Å².